The molecule has 0 radical (unpaired) electrons. The summed E-state index contributed by atoms with van der Waals surface area (Å²) < 4.78 is 11.8. The van der Waals surface area contributed by atoms with Crippen molar-refractivity contribution in [2.45, 2.75) is 6.54 Å². The molecule has 3 N–H and O–H groups in total. The summed E-state index contributed by atoms with van der Waals surface area (Å²) >= 11 is 2.27. The van der Waals surface area contributed by atoms with Crippen LogP contribution >= 0.6 is 22.6 Å². The Balaban J connectivity index is 1.72. The SMILES string of the molecule is Nc1ccc(NCc2ccc3c(c2)OCO3)c(I)c1. The molecule has 5 heteroatoms. The highest BCUT2D eigenvalue weighted by molar-refractivity contribution is 14.1. The largest absolute Gasteiger partial charge is 0.454 e. The standard InChI is InChI=1S/C14H13IN2O2/c15-11-6-10(16)2-3-12(11)17-7-9-1-4-13-14(5-9)19-8-18-13/h1-6,17H,7-8,16H2. The minimum atomic E-state index is 0.308. The Morgan fingerprint density at radius 2 is 1.95 bits per heavy atom. The lowest BCUT2D eigenvalue weighted by atomic mass is 10.2. The number of fused-ring (bicyclic) bond motifs is 1. The van der Waals surface area contributed by atoms with E-state index in [1.165, 1.54) is 0 Å². The van der Waals surface area contributed by atoms with E-state index < -0.39 is 0 Å². The summed E-state index contributed by atoms with van der Waals surface area (Å²) in [5.74, 6) is 1.62. The van der Waals surface area contributed by atoms with Gasteiger partial charge in [0.25, 0.3) is 0 Å². The van der Waals surface area contributed by atoms with Crippen molar-refractivity contribution >= 4 is 34.0 Å². The zero-order chi connectivity index (χ0) is 13.2. The van der Waals surface area contributed by atoms with Gasteiger partial charge in [-0.15, -0.1) is 0 Å². The molecule has 4 nitrogen and oxygen atoms in total. The lowest BCUT2D eigenvalue weighted by molar-refractivity contribution is 0.174. The van der Waals surface area contributed by atoms with Gasteiger partial charge in [0.1, 0.15) is 0 Å². The number of ether oxygens (including phenoxy) is 2. The van der Waals surface area contributed by atoms with Gasteiger partial charge in [0.2, 0.25) is 6.79 Å². The van der Waals surface area contributed by atoms with Crippen molar-refractivity contribution in [1.29, 1.82) is 0 Å². The molecule has 0 bridgehead atoms. The third kappa shape index (κ3) is 2.70. The molecule has 0 amide bonds. The molecule has 1 heterocycles. The molecule has 0 aliphatic carbocycles. The number of halogens is 1. The van der Waals surface area contributed by atoms with Crippen LogP contribution in [0.5, 0.6) is 11.5 Å². The maximum absolute atomic E-state index is 5.73. The van der Waals surface area contributed by atoms with Crippen LogP contribution in [0.1, 0.15) is 5.56 Å². The molecule has 2 aromatic rings. The number of hydrogen-bond donors (Lipinski definition) is 2. The van der Waals surface area contributed by atoms with Gasteiger partial charge in [0.05, 0.1) is 0 Å². The first-order chi connectivity index (χ1) is 9.22. The summed E-state index contributed by atoms with van der Waals surface area (Å²) in [6.45, 7) is 1.04. The second-order valence-corrected chi connectivity index (χ2v) is 5.44. The molecular formula is C14H13IN2O2. The van der Waals surface area contributed by atoms with Crippen LogP contribution in [0.4, 0.5) is 11.4 Å². The van der Waals surface area contributed by atoms with E-state index in [1.54, 1.807) is 0 Å². The minimum Gasteiger partial charge on any atom is -0.454 e. The van der Waals surface area contributed by atoms with E-state index in [-0.39, 0.29) is 0 Å². The maximum atomic E-state index is 5.73. The van der Waals surface area contributed by atoms with E-state index in [0.29, 0.717) is 6.79 Å². The number of anilines is 2. The monoisotopic (exact) mass is 368 g/mol. The van der Waals surface area contributed by atoms with Gasteiger partial charge in [-0.3, -0.25) is 0 Å². The summed E-state index contributed by atoms with van der Waals surface area (Å²) in [6, 6.07) is 11.8. The summed E-state index contributed by atoms with van der Waals surface area (Å²) in [7, 11) is 0. The van der Waals surface area contributed by atoms with E-state index in [4.69, 9.17) is 15.2 Å². The zero-order valence-corrected chi connectivity index (χ0v) is 12.3. The van der Waals surface area contributed by atoms with Crippen molar-refractivity contribution in [3.8, 4) is 11.5 Å². The zero-order valence-electron chi connectivity index (χ0n) is 10.2. The molecule has 0 spiro atoms. The highest BCUT2D eigenvalue weighted by atomic mass is 127. The van der Waals surface area contributed by atoms with E-state index in [1.807, 2.05) is 36.4 Å². The maximum Gasteiger partial charge on any atom is 0.231 e. The van der Waals surface area contributed by atoms with Gasteiger partial charge in [0.15, 0.2) is 11.5 Å². The van der Waals surface area contributed by atoms with Crippen molar-refractivity contribution in [3.05, 3.63) is 45.5 Å². The van der Waals surface area contributed by atoms with Crippen LogP contribution in [0.2, 0.25) is 0 Å². The lowest BCUT2D eigenvalue weighted by Gasteiger charge is -2.09. The Kier molecular flexibility index (Phi) is 3.37. The van der Waals surface area contributed by atoms with Crippen molar-refractivity contribution in [2.24, 2.45) is 0 Å². The van der Waals surface area contributed by atoms with Crippen LogP contribution < -0.4 is 20.5 Å². The molecule has 3 rings (SSSR count). The van der Waals surface area contributed by atoms with Crippen molar-refractivity contribution in [2.75, 3.05) is 17.8 Å². The van der Waals surface area contributed by atoms with Gasteiger partial charge in [0, 0.05) is 21.5 Å². The second kappa shape index (κ2) is 5.16. The van der Waals surface area contributed by atoms with Gasteiger partial charge in [-0.25, -0.2) is 0 Å². The first-order valence-corrected chi connectivity index (χ1v) is 6.98. The topological polar surface area (TPSA) is 56.5 Å². The molecule has 98 valence electrons. The molecule has 2 aromatic carbocycles. The molecule has 0 saturated heterocycles. The summed E-state index contributed by atoms with van der Waals surface area (Å²) in [6.07, 6.45) is 0. The van der Waals surface area contributed by atoms with Crippen molar-refractivity contribution in [1.82, 2.24) is 0 Å². The van der Waals surface area contributed by atoms with E-state index in [9.17, 15) is 0 Å². The van der Waals surface area contributed by atoms with Crippen molar-refractivity contribution in [3.63, 3.8) is 0 Å². The molecule has 0 fully saturated rings. The summed E-state index contributed by atoms with van der Waals surface area (Å²) in [4.78, 5) is 0. The van der Waals surface area contributed by atoms with Gasteiger partial charge >= 0.3 is 0 Å². The molecule has 0 atom stereocenters. The van der Waals surface area contributed by atoms with E-state index in [2.05, 4.69) is 27.9 Å². The van der Waals surface area contributed by atoms with Crippen LogP contribution in [0.25, 0.3) is 0 Å². The molecule has 0 aromatic heterocycles. The first-order valence-electron chi connectivity index (χ1n) is 5.90. The van der Waals surface area contributed by atoms with Crippen LogP contribution in [0, 0.1) is 3.57 Å². The number of hydrogen-bond acceptors (Lipinski definition) is 4. The molecule has 0 saturated carbocycles. The van der Waals surface area contributed by atoms with Gasteiger partial charge < -0.3 is 20.5 Å². The van der Waals surface area contributed by atoms with Crippen LogP contribution in [-0.4, -0.2) is 6.79 Å². The predicted molar refractivity (Wildman–Crippen MR) is 83.5 cm³/mol. The lowest BCUT2D eigenvalue weighted by Crippen LogP contribution is -2.01. The molecular weight excluding hydrogens is 355 g/mol. The number of nitrogens with one attached hydrogen (secondary N) is 1. The Bertz CT molecular complexity index is 616. The van der Waals surface area contributed by atoms with Gasteiger partial charge in [-0.05, 0) is 58.5 Å². The van der Waals surface area contributed by atoms with Crippen molar-refractivity contribution < 1.29 is 9.47 Å². The van der Waals surface area contributed by atoms with E-state index in [0.717, 1.165) is 38.6 Å². The number of nitrogens with two attached hydrogens (primary N) is 1. The smallest absolute Gasteiger partial charge is 0.231 e. The molecule has 1 aliphatic heterocycles. The summed E-state index contributed by atoms with van der Waals surface area (Å²) in [5.41, 5.74) is 8.74. The minimum absolute atomic E-state index is 0.308. The highest BCUT2D eigenvalue weighted by Gasteiger charge is 2.13. The average Bonchev–Trinajstić information content (AvgIpc) is 2.85. The summed E-state index contributed by atoms with van der Waals surface area (Å²) in [5, 5.41) is 3.39. The molecule has 19 heavy (non-hydrogen) atoms. The fraction of sp³-hybridized carbons (Fsp3) is 0.143. The predicted octanol–water partition coefficient (Wildman–Crippen LogP) is 3.21. The molecule has 1 aliphatic rings. The fourth-order valence-electron chi connectivity index (χ4n) is 1.92. The fourth-order valence-corrected chi connectivity index (χ4v) is 2.65. The number of nitrogen functional groups attached to an aromatic ring is 1. The van der Waals surface area contributed by atoms with Crippen LogP contribution in [-0.2, 0) is 6.54 Å². The third-order valence-electron chi connectivity index (χ3n) is 2.91. The third-order valence-corrected chi connectivity index (χ3v) is 3.81. The average molecular weight is 368 g/mol. The quantitative estimate of drug-likeness (QED) is 0.645. The van der Waals surface area contributed by atoms with Crippen LogP contribution in [0.15, 0.2) is 36.4 Å². The number of benzene rings is 2. The Labute approximate surface area is 125 Å². The molecule has 0 unspecified atom stereocenters. The Hall–Kier alpha value is -1.63. The second-order valence-electron chi connectivity index (χ2n) is 4.28. The van der Waals surface area contributed by atoms with Gasteiger partial charge in [-0.1, -0.05) is 6.07 Å². The van der Waals surface area contributed by atoms with E-state index >= 15 is 0 Å². The Morgan fingerprint density at radius 1 is 1.11 bits per heavy atom. The normalized spacial score (nSPS) is 12.5. The number of rotatable bonds is 3. The van der Waals surface area contributed by atoms with Crippen LogP contribution in [0.3, 0.4) is 0 Å². The Morgan fingerprint density at radius 3 is 2.79 bits per heavy atom. The highest BCUT2D eigenvalue weighted by Crippen LogP contribution is 2.32. The van der Waals surface area contributed by atoms with Gasteiger partial charge in [-0.2, -0.15) is 0 Å². The first kappa shape index (κ1) is 12.4.